The Morgan fingerprint density at radius 3 is 2.50 bits per heavy atom. The Kier molecular flexibility index (Phi) is 7.16. The van der Waals surface area contributed by atoms with Crippen LogP contribution in [0, 0.1) is 0 Å². The third-order valence-corrected chi connectivity index (χ3v) is 6.35. The van der Waals surface area contributed by atoms with E-state index in [-0.39, 0.29) is 18.4 Å². The number of rotatable bonds is 6. The number of nitrogens with zero attached hydrogens (tertiary/aromatic N) is 2. The van der Waals surface area contributed by atoms with Gasteiger partial charge in [0.25, 0.3) is 0 Å². The molecule has 0 bridgehead atoms. The van der Waals surface area contributed by atoms with E-state index < -0.39 is 11.7 Å². The number of hydrogen-bond acceptors (Lipinski definition) is 4. The van der Waals surface area contributed by atoms with Gasteiger partial charge in [0, 0.05) is 36.3 Å². The highest BCUT2D eigenvalue weighted by atomic mass is 32.1. The number of aromatic nitrogens is 1. The first kappa shape index (κ1) is 23.7. The number of benzene rings is 2. The number of urea groups is 1. The molecule has 0 saturated carbocycles. The molecule has 4 rings (SSSR count). The SMILES string of the molecule is O=C(Cc1csc(-c2ccc(C(F)(F)F)cc2)n1)NCc1cccc(NC(=O)N2CCCC2)c1. The molecule has 6 nitrogen and oxygen atoms in total. The molecule has 178 valence electrons. The summed E-state index contributed by atoms with van der Waals surface area (Å²) in [7, 11) is 0. The number of hydrogen-bond donors (Lipinski definition) is 2. The van der Waals surface area contributed by atoms with E-state index in [1.807, 2.05) is 18.2 Å². The molecule has 1 aromatic heterocycles. The van der Waals surface area contributed by atoms with E-state index in [4.69, 9.17) is 0 Å². The monoisotopic (exact) mass is 488 g/mol. The molecule has 2 N–H and O–H groups in total. The minimum atomic E-state index is -4.39. The topological polar surface area (TPSA) is 74.3 Å². The van der Waals surface area contributed by atoms with Gasteiger partial charge in [0.15, 0.2) is 0 Å². The zero-order valence-corrected chi connectivity index (χ0v) is 19.0. The Morgan fingerprint density at radius 2 is 1.79 bits per heavy atom. The maximum Gasteiger partial charge on any atom is 0.416 e. The van der Waals surface area contributed by atoms with Crippen LogP contribution in [0.1, 0.15) is 29.7 Å². The van der Waals surface area contributed by atoms with Crippen molar-refractivity contribution in [2.45, 2.75) is 32.0 Å². The van der Waals surface area contributed by atoms with E-state index in [1.165, 1.54) is 23.5 Å². The number of nitrogens with one attached hydrogen (secondary N) is 2. The lowest BCUT2D eigenvalue weighted by Gasteiger charge is -2.16. The van der Waals surface area contributed by atoms with Crippen molar-refractivity contribution in [1.82, 2.24) is 15.2 Å². The van der Waals surface area contributed by atoms with Crippen molar-refractivity contribution >= 4 is 29.0 Å². The summed E-state index contributed by atoms with van der Waals surface area (Å²) in [6.07, 6.45) is -2.29. The summed E-state index contributed by atoms with van der Waals surface area (Å²) in [6.45, 7) is 1.82. The van der Waals surface area contributed by atoms with Gasteiger partial charge >= 0.3 is 12.2 Å². The van der Waals surface area contributed by atoms with Crippen LogP contribution in [0.15, 0.2) is 53.9 Å². The number of alkyl halides is 3. The summed E-state index contributed by atoms with van der Waals surface area (Å²) in [5.74, 6) is -0.226. The second-order valence-corrected chi connectivity index (χ2v) is 8.86. The fraction of sp³-hybridized carbons (Fsp3) is 0.292. The molecule has 2 heterocycles. The van der Waals surface area contributed by atoms with Gasteiger partial charge in [-0.25, -0.2) is 9.78 Å². The van der Waals surface area contributed by atoms with E-state index in [2.05, 4.69) is 15.6 Å². The van der Waals surface area contributed by atoms with Crippen LogP contribution in [0.4, 0.5) is 23.7 Å². The van der Waals surface area contributed by atoms with E-state index in [0.29, 0.717) is 28.5 Å². The van der Waals surface area contributed by atoms with E-state index in [0.717, 1.165) is 43.6 Å². The Bertz CT molecular complexity index is 1160. The van der Waals surface area contributed by atoms with Crippen molar-refractivity contribution in [3.8, 4) is 10.6 Å². The van der Waals surface area contributed by atoms with E-state index in [9.17, 15) is 22.8 Å². The molecule has 10 heteroatoms. The van der Waals surface area contributed by atoms with Crippen LogP contribution in [-0.2, 0) is 23.9 Å². The van der Waals surface area contributed by atoms with Crippen LogP contribution < -0.4 is 10.6 Å². The van der Waals surface area contributed by atoms with Gasteiger partial charge < -0.3 is 15.5 Å². The van der Waals surface area contributed by atoms with Gasteiger partial charge in [-0.05, 0) is 42.7 Å². The summed E-state index contributed by atoms with van der Waals surface area (Å²) in [5.41, 5.74) is 1.91. The number of thiazole rings is 1. The minimum absolute atomic E-state index is 0.0581. The largest absolute Gasteiger partial charge is 0.416 e. The first-order chi connectivity index (χ1) is 16.3. The summed E-state index contributed by atoms with van der Waals surface area (Å²) in [5, 5.41) is 8.00. The third-order valence-electron chi connectivity index (χ3n) is 5.41. The number of anilines is 1. The molecule has 1 aliphatic rings. The van der Waals surface area contributed by atoms with E-state index in [1.54, 1.807) is 16.3 Å². The summed E-state index contributed by atoms with van der Waals surface area (Å²) >= 11 is 1.27. The molecular weight excluding hydrogens is 465 g/mol. The van der Waals surface area contributed by atoms with Crippen LogP contribution in [0.3, 0.4) is 0 Å². The maximum absolute atomic E-state index is 12.7. The van der Waals surface area contributed by atoms with Crippen LogP contribution in [0.2, 0.25) is 0 Å². The first-order valence-corrected chi connectivity index (χ1v) is 11.7. The Balaban J connectivity index is 1.29. The summed E-state index contributed by atoms with van der Waals surface area (Å²) in [4.78, 5) is 30.8. The average molecular weight is 489 g/mol. The highest BCUT2D eigenvalue weighted by molar-refractivity contribution is 7.13. The Morgan fingerprint density at radius 1 is 1.06 bits per heavy atom. The van der Waals surface area contributed by atoms with Crippen molar-refractivity contribution in [1.29, 1.82) is 0 Å². The summed E-state index contributed by atoms with van der Waals surface area (Å²) in [6, 6.07) is 12.0. The van der Waals surface area contributed by atoms with Gasteiger partial charge in [0.1, 0.15) is 5.01 Å². The number of likely N-dealkylation sites (tertiary alicyclic amines) is 1. The fourth-order valence-corrected chi connectivity index (χ4v) is 4.46. The van der Waals surface area contributed by atoms with Gasteiger partial charge in [-0.2, -0.15) is 13.2 Å². The summed E-state index contributed by atoms with van der Waals surface area (Å²) < 4.78 is 38.2. The zero-order valence-electron chi connectivity index (χ0n) is 18.2. The van der Waals surface area contributed by atoms with Crippen molar-refractivity contribution < 1.29 is 22.8 Å². The van der Waals surface area contributed by atoms with Crippen LogP contribution in [0.5, 0.6) is 0 Å². The fourth-order valence-electron chi connectivity index (χ4n) is 3.63. The standard InChI is InChI=1S/C24H23F3N4O2S/c25-24(26,27)18-8-6-17(7-9-18)22-29-20(15-34-22)13-21(32)28-14-16-4-3-5-19(12-16)30-23(33)31-10-1-2-11-31/h3-9,12,15H,1-2,10-11,13-14H2,(H,28,32)(H,30,33). The predicted molar refractivity (Wildman–Crippen MR) is 124 cm³/mol. The predicted octanol–water partition coefficient (Wildman–Crippen LogP) is 5.32. The maximum atomic E-state index is 12.7. The smallest absolute Gasteiger partial charge is 0.352 e. The van der Waals surface area contributed by atoms with Crippen molar-refractivity contribution in [2.75, 3.05) is 18.4 Å². The molecule has 1 fully saturated rings. The molecule has 0 atom stereocenters. The van der Waals surface area contributed by atoms with E-state index >= 15 is 0 Å². The Labute approximate surface area is 198 Å². The average Bonchev–Trinajstić information content (AvgIpc) is 3.50. The lowest BCUT2D eigenvalue weighted by Crippen LogP contribution is -2.32. The molecule has 0 unspecified atom stereocenters. The zero-order chi connectivity index (χ0) is 24.1. The highest BCUT2D eigenvalue weighted by Gasteiger charge is 2.30. The van der Waals surface area contributed by atoms with Gasteiger partial charge in [-0.15, -0.1) is 11.3 Å². The number of amides is 3. The van der Waals surface area contributed by atoms with Gasteiger partial charge in [0.2, 0.25) is 5.91 Å². The van der Waals surface area contributed by atoms with Crippen LogP contribution in [-0.4, -0.2) is 34.9 Å². The molecule has 0 aliphatic carbocycles. The molecule has 3 aromatic rings. The number of carbonyl (C=O) groups is 2. The molecule has 1 saturated heterocycles. The number of carbonyl (C=O) groups excluding carboxylic acids is 2. The quantitative estimate of drug-likeness (QED) is 0.494. The van der Waals surface area contributed by atoms with Crippen molar-refractivity contribution in [2.24, 2.45) is 0 Å². The molecule has 34 heavy (non-hydrogen) atoms. The Hall–Kier alpha value is -3.40. The van der Waals surface area contributed by atoms with Crippen LogP contribution in [0.25, 0.3) is 10.6 Å². The molecule has 0 radical (unpaired) electrons. The normalized spacial score (nSPS) is 13.7. The molecule has 0 spiro atoms. The molecule has 2 aromatic carbocycles. The van der Waals surface area contributed by atoms with Gasteiger partial charge in [-0.1, -0.05) is 24.3 Å². The molecular formula is C24H23F3N4O2S. The molecule has 1 aliphatic heterocycles. The van der Waals surface area contributed by atoms with Crippen molar-refractivity contribution in [3.05, 3.63) is 70.7 Å². The van der Waals surface area contributed by atoms with Gasteiger partial charge in [-0.3, -0.25) is 4.79 Å². The second-order valence-electron chi connectivity index (χ2n) is 8.00. The highest BCUT2D eigenvalue weighted by Crippen LogP contribution is 2.31. The van der Waals surface area contributed by atoms with Gasteiger partial charge in [0.05, 0.1) is 17.7 Å². The molecule has 3 amide bonds. The van der Waals surface area contributed by atoms with Crippen molar-refractivity contribution in [3.63, 3.8) is 0 Å². The lowest BCUT2D eigenvalue weighted by molar-refractivity contribution is -0.137. The number of halogens is 3. The lowest BCUT2D eigenvalue weighted by atomic mass is 10.1. The third kappa shape index (κ3) is 6.13. The van der Waals surface area contributed by atoms with Crippen LogP contribution >= 0.6 is 11.3 Å². The first-order valence-electron chi connectivity index (χ1n) is 10.8. The minimum Gasteiger partial charge on any atom is -0.352 e. The second kappa shape index (κ2) is 10.3.